The predicted octanol–water partition coefficient (Wildman–Crippen LogP) is 2.28. The van der Waals surface area contributed by atoms with Crippen molar-refractivity contribution in [3.63, 3.8) is 0 Å². The molecule has 0 aliphatic carbocycles. The van der Waals surface area contributed by atoms with E-state index in [1.807, 2.05) is 6.92 Å². The van der Waals surface area contributed by atoms with E-state index in [4.69, 9.17) is 17.3 Å². The Hall–Kier alpha value is -0.620. The van der Waals surface area contributed by atoms with Crippen LogP contribution in [-0.2, 0) is 16.6 Å². The summed E-state index contributed by atoms with van der Waals surface area (Å²) in [6, 6.07) is 3.30. The standard InChI is InChI=1S/C13H19ClN2O2S/c1-9-4-3-5-16(9)19(17,18)13-7-12(14)6-11(8-15)10(13)2/h6-7,9H,3-5,8,15H2,1-2H3. The van der Waals surface area contributed by atoms with Crippen LogP contribution in [0.1, 0.15) is 30.9 Å². The molecule has 2 N–H and O–H groups in total. The van der Waals surface area contributed by atoms with Crippen LogP contribution in [0.5, 0.6) is 0 Å². The normalized spacial score (nSPS) is 20.9. The summed E-state index contributed by atoms with van der Waals surface area (Å²) in [5, 5.41) is 0.413. The Kier molecular flexibility index (Phi) is 4.20. The predicted molar refractivity (Wildman–Crippen MR) is 76.7 cm³/mol. The van der Waals surface area contributed by atoms with E-state index >= 15 is 0 Å². The molecule has 0 spiro atoms. The molecule has 6 heteroatoms. The highest BCUT2D eigenvalue weighted by Gasteiger charge is 2.34. The largest absolute Gasteiger partial charge is 0.326 e. The zero-order chi connectivity index (χ0) is 14.2. The van der Waals surface area contributed by atoms with E-state index in [0.29, 0.717) is 17.1 Å². The van der Waals surface area contributed by atoms with Gasteiger partial charge in [-0.05, 0) is 49.9 Å². The Morgan fingerprint density at radius 3 is 2.68 bits per heavy atom. The van der Waals surface area contributed by atoms with Crippen LogP contribution in [-0.4, -0.2) is 25.3 Å². The number of hydrogen-bond acceptors (Lipinski definition) is 3. The Bertz CT molecular complexity index is 587. The number of nitrogens with two attached hydrogens (primary N) is 1. The number of halogens is 1. The highest BCUT2D eigenvalue weighted by atomic mass is 35.5. The number of sulfonamides is 1. The van der Waals surface area contributed by atoms with Crippen LogP contribution in [0.3, 0.4) is 0 Å². The fourth-order valence-corrected chi connectivity index (χ4v) is 4.88. The van der Waals surface area contributed by atoms with Gasteiger partial charge in [0.2, 0.25) is 10.0 Å². The minimum absolute atomic E-state index is 0.0460. The molecular weight excluding hydrogens is 284 g/mol. The van der Waals surface area contributed by atoms with Crippen LogP contribution in [0.15, 0.2) is 17.0 Å². The van der Waals surface area contributed by atoms with Crippen molar-refractivity contribution in [2.45, 2.75) is 44.2 Å². The van der Waals surface area contributed by atoms with Gasteiger partial charge >= 0.3 is 0 Å². The molecule has 1 saturated heterocycles. The van der Waals surface area contributed by atoms with Crippen LogP contribution < -0.4 is 5.73 Å². The minimum atomic E-state index is -3.48. The number of nitrogens with zero attached hydrogens (tertiary/aromatic N) is 1. The third kappa shape index (κ3) is 2.65. The summed E-state index contributed by atoms with van der Waals surface area (Å²) in [4.78, 5) is 0.286. The molecule has 0 saturated carbocycles. The molecule has 1 aromatic carbocycles. The second kappa shape index (κ2) is 5.40. The molecule has 19 heavy (non-hydrogen) atoms. The van der Waals surface area contributed by atoms with Gasteiger partial charge in [0.15, 0.2) is 0 Å². The minimum Gasteiger partial charge on any atom is -0.326 e. The first-order valence-electron chi connectivity index (χ1n) is 6.39. The second-order valence-electron chi connectivity index (χ2n) is 5.00. The van der Waals surface area contributed by atoms with Gasteiger partial charge < -0.3 is 5.73 Å². The maximum Gasteiger partial charge on any atom is 0.243 e. The first-order valence-corrected chi connectivity index (χ1v) is 8.20. The highest BCUT2D eigenvalue weighted by Crippen LogP contribution is 2.30. The summed E-state index contributed by atoms with van der Waals surface area (Å²) in [7, 11) is -3.48. The lowest BCUT2D eigenvalue weighted by Crippen LogP contribution is -2.34. The molecule has 4 nitrogen and oxygen atoms in total. The first kappa shape index (κ1) is 14.8. The lowest BCUT2D eigenvalue weighted by molar-refractivity contribution is 0.408. The van der Waals surface area contributed by atoms with Gasteiger partial charge in [-0.1, -0.05) is 11.6 Å². The topological polar surface area (TPSA) is 63.4 Å². The first-order chi connectivity index (χ1) is 8.87. The van der Waals surface area contributed by atoms with Crippen molar-refractivity contribution in [2.24, 2.45) is 5.73 Å². The summed E-state index contributed by atoms with van der Waals surface area (Å²) in [6.45, 7) is 4.58. The molecule has 0 bridgehead atoms. The van der Waals surface area contributed by atoms with Crippen molar-refractivity contribution in [1.29, 1.82) is 0 Å². The quantitative estimate of drug-likeness (QED) is 0.931. The molecule has 1 aliphatic rings. The zero-order valence-corrected chi connectivity index (χ0v) is 12.8. The average Bonchev–Trinajstić information content (AvgIpc) is 2.78. The van der Waals surface area contributed by atoms with Crippen LogP contribution in [0.25, 0.3) is 0 Å². The summed E-state index contributed by atoms with van der Waals surface area (Å²) in [5.41, 5.74) is 7.12. The molecule has 0 radical (unpaired) electrons. The van der Waals surface area contributed by atoms with Crippen molar-refractivity contribution in [3.8, 4) is 0 Å². The summed E-state index contributed by atoms with van der Waals surface area (Å²) in [5.74, 6) is 0. The monoisotopic (exact) mass is 302 g/mol. The smallest absolute Gasteiger partial charge is 0.243 e. The highest BCUT2D eigenvalue weighted by molar-refractivity contribution is 7.89. The molecule has 1 heterocycles. The van der Waals surface area contributed by atoms with Crippen molar-refractivity contribution in [1.82, 2.24) is 4.31 Å². The van der Waals surface area contributed by atoms with E-state index in [1.165, 1.54) is 6.07 Å². The van der Waals surface area contributed by atoms with Gasteiger partial charge in [-0.15, -0.1) is 0 Å². The fraction of sp³-hybridized carbons (Fsp3) is 0.538. The van der Waals surface area contributed by atoms with E-state index in [-0.39, 0.29) is 17.5 Å². The van der Waals surface area contributed by atoms with Gasteiger partial charge in [0, 0.05) is 24.2 Å². The zero-order valence-electron chi connectivity index (χ0n) is 11.2. The van der Waals surface area contributed by atoms with Crippen LogP contribution in [0.2, 0.25) is 5.02 Å². The van der Waals surface area contributed by atoms with Gasteiger partial charge in [-0.2, -0.15) is 4.31 Å². The maximum atomic E-state index is 12.7. The Morgan fingerprint density at radius 2 is 2.16 bits per heavy atom. The Morgan fingerprint density at radius 1 is 1.47 bits per heavy atom. The molecule has 106 valence electrons. The van der Waals surface area contributed by atoms with Crippen molar-refractivity contribution in [3.05, 3.63) is 28.3 Å². The lowest BCUT2D eigenvalue weighted by Gasteiger charge is -2.23. The third-order valence-electron chi connectivity index (χ3n) is 3.73. The SMILES string of the molecule is Cc1c(CN)cc(Cl)cc1S(=O)(=O)N1CCCC1C. The Balaban J connectivity index is 2.54. The fourth-order valence-electron chi connectivity index (χ4n) is 2.58. The number of benzene rings is 1. The molecule has 1 atom stereocenters. The van der Waals surface area contributed by atoms with Gasteiger partial charge in [-0.3, -0.25) is 0 Å². The van der Waals surface area contributed by atoms with Crippen molar-refractivity contribution in [2.75, 3.05) is 6.54 Å². The van der Waals surface area contributed by atoms with E-state index in [0.717, 1.165) is 18.4 Å². The molecule has 0 amide bonds. The van der Waals surface area contributed by atoms with Crippen LogP contribution in [0.4, 0.5) is 0 Å². The summed E-state index contributed by atoms with van der Waals surface area (Å²) >= 11 is 6.01. The van der Waals surface area contributed by atoms with E-state index < -0.39 is 10.0 Å². The molecule has 2 rings (SSSR count). The van der Waals surface area contributed by atoms with Gasteiger partial charge in [0.1, 0.15) is 0 Å². The number of hydrogen-bond donors (Lipinski definition) is 1. The van der Waals surface area contributed by atoms with Gasteiger partial charge in [0.25, 0.3) is 0 Å². The van der Waals surface area contributed by atoms with Crippen molar-refractivity contribution >= 4 is 21.6 Å². The molecule has 1 unspecified atom stereocenters. The molecule has 1 aromatic rings. The molecule has 0 aromatic heterocycles. The molecule has 1 aliphatic heterocycles. The van der Waals surface area contributed by atoms with Crippen LogP contribution >= 0.6 is 11.6 Å². The van der Waals surface area contributed by atoms with E-state index in [9.17, 15) is 8.42 Å². The molecular formula is C13H19ClN2O2S. The van der Waals surface area contributed by atoms with Crippen molar-refractivity contribution < 1.29 is 8.42 Å². The second-order valence-corrected chi connectivity index (χ2v) is 7.29. The maximum absolute atomic E-state index is 12.7. The summed E-state index contributed by atoms with van der Waals surface area (Å²) < 4.78 is 27.0. The Labute approximate surface area is 119 Å². The third-order valence-corrected chi connectivity index (χ3v) is 6.09. The van der Waals surface area contributed by atoms with Gasteiger partial charge in [-0.25, -0.2) is 8.42 Å². The molecule has 1 fully saturated rings. The lowest BCUT2D eigenvalue weighted by atomic mass is 10.1. The average molecular weight is 303 g/mol. The number of rotatable bonds is 3. The summed E-state index contributed by atoms with van der Waals surface area (Å²) in [6.07, 6.45) is 1.81. The van der Waals surface area contributed by atoms with E-state index in [2.05, 4.69) is 0 Å². The van der Waals surface area contributed by atoms with Gasteiger partial charge in [0.05, 0.1) is 4.90 Å². The van der Waals surface area contributed by atoms with E-state index in [1.54, 1.807) is 17.3 Å². The van der Waals surface area contributed by atoms with Crippen LogP contribution in [0, 0.1) is 6.92 Å².